The van der Waals surface area contributed by atoms with E-state index in [2.05, 4.69) is 12.1 Å². The molecule has 2 aromatic carbocycles. The fourth-order valence-electron chi connectivity index (χ4n) is 2.85. The molecule has 1 aliphatic heterocycles. The van der Waals surface area contributed by atoms with Crippen molar-refractivity contribution in [1.82, 2.24) is 0 Å². The van der Waals surface area contributed by atoms with Crippen LogP contribution in [-0.2, 0) is 32.2 Å². The first kappa shape index (κ1) is 17.1. The molecule has 0 radical (unpaired) electrons. The molecule has 128 valence electrons. The second-order valence-corrected chi connectivity index (χ2v) is 5.86. The van der Waals surface area contributed by atoms with Gasteiger partial charge in [0, 0.05) is 7.11 Å². The predicted octanol–water partition coefficient (Wildman–Crippen LogP) is 3.55. The Morgan fingerprint density at radius 3 is 2.04 bits per heavy atom. The molecular formula is C20H24O4. The van der Waals surface area contributed by atoms with Crippen LogP contribution in [0.1, 0.15) is 17.5 Å². The van der Waals surface area contributed by atoms with Crippen LogP contribution in [0.25, 0.3) is 0 Å². The van der Waals surface area contributed by atoms with Crippen molar-refractivity contribution in [3.63, 3.8) is 0 Å². The number of benzene rings is 2. The molecule has 4 nitrogen and oxygen atoms in total. The first-order valence-electron chi connectivity index (χ1n) is 8.32. The standard InChI is InChI=1S/C20H24O4/c1-21-20-19(24-15-17-10-6-3-7-11-17)18(12-13-22-20)23-14-16-8-4-2-5-9-16/h2-11,18-20H,12-15H2,1H3/t18-,19-,20-/m0/s1. The quantitative estimate of drug-likeness (QED) is 0.779. The monoisotopic (exact) mass is 328 g/mol. The average molecular weight is 328 g/mol. The second-order valence-electron chi connectivity index (χ2n) is 5.86. The van der Waals surface area contributed by atoms with Gasteiger partial charge in [-0.05, 0) is 17.5 Å². The number of hydrogen-bond donors (Lipinski definition) is 0. The third kappa shape index (κ3) is 4.65. The van der Waals surface area contributed by atoms with Gasteiger partial charge >= 0.3 is 0 Å². The van der Waals surface area contributed by atoms with E-state index in [1.54, 1.807) is 7.11 Å². The van der Waals surface area contributed by atoms with Gasteiger partial charge in [-0.3, -0.25) is 0 Å². The highest BCUT2D eigenvalue weighted by molar-refractivity contribution is 5.14. The summed E-state index contributed by atoms with van der Waals surface area (Å²) < 4.78 is 23.3. The van der Waals surface area contributed by atoms with Crippen LogP contribution in [0.15, 0.2) is 60.7 Å². The Morgan fingerprint density at radius 1 is 0.875 bits per heavy atom. The minimum Gasteiger partial charge on any atom is -0.371 e. The first-order valence-corrected chi connectivity index (χ1v) is 8.32. The molecule has 0 unspecified atom stereocenters. The largest absolute Gasteiger partial charge is 0.371 e. The highest BCUT2D eigenvalue weighted by Gasteiger charge is 2.36. The number of ether oxygens (including phenoxy) is 4. The molecule has 0 aliphatic carbocycles. The number of methoxy groups -OCH3 is 1. The van der Waals surface area contributed by atoms with Gasteiger partial charge in [0.05, 0.1) is 25.9 Å². The summed E-state index contributed by atoms with van der Waals surface area (Å²) in [4.78, 5) is 0. The van der Waals surface area contributed by atoms with Crippen LogP contribution < -0.4 is 0 Å². The Bertz CT molecular complexity index is 587. The lowest BCUT2D eigenvalue weighted by molar-refractivity contribution is -0.258. The Balaban J connectivity index is 1.61. The molecule has 0 N–H and O–H groups in total. The smallest absolute Gasteiger partial charge is 0.185 e. The molecule has 4 heteroatoms. The van der Waals surface area contributed by atoms with Crippen LogP contribution in [0, 0.1) is 0 Å². The van der Waals surface area contributed by atoms with E-state index in [0.717, 1.165) is 17.5 Å². The minimum absolute atomic E-state index is 0.0485. The first-order chi connectivity index (χ1) is 11.9. The van der Waals surface area contributed by atoms with Gasteiger partial charge in [-0.25, -0.2) is 0 Å². The van der Waals surface area contributed by atoms with Crippen LogP contribution >= 0.6 is 0 Å². The molecule has 24 heavy (non-hydrogen) atoms. The van der Waals surface area contributed by atoms with Crippen LogP contribution in [0.3, 0.4) is 0 Å². The fraction of sp³-hybridized carbons (Fsp3) is 0.400. The van der Waals surface area contributed by atoms with Gasteiger partial charge in [-0.2, -0.15) is 0 Å². The highest BCUT2D eigenvalue weighted by Crippen LogP contribution is 2.23. The van der Waals surface area contributed by atoms with Gasteiger partial charge < -0.3 is 18.9 Å². The van der Waals surface area contributed by atoms with Gasteiger partial charge in [0.2, 0.25) is 0 Å². The normalized spacial score (nSPS) is 24.0. The SMILES string of the molecule is CO[C@H]1OCC[C@H](OCc2ccccc2)[C@@H]1OCc1ccccc1. The second kappa shape index (κ2) is 8.94. The Kier molecular flexibility index (Phi) is 6.38. The van der Waals surface area contributed by atoms with Crippen molar-refractivity contribution < 1.29 is 18.9 Å². The van der Waals surface area contributed by atoms with E-state index in [1.165, 1.54) is 0 Å². The van der Waals surface area contributed by atoms with Crippen molar-refractivity contribution in [1.29, 1.82) is 0 Å². The Morgan fingerprint density at radius 2 is 1.46 bits per heavy atom. The topological polar surface area (TPSA) is 36.9 Å². The van der Waals surface area contributed by atoms with Crippen LogP contribution in [0.4, 0.5) is 0 Å². The summed E-state index contributed by atoms with van der Waals surface area (Å²) in [6, 6.07) is 20.3. The molecule has 0 saturated carbocycles. The van der Waals surface area contributed by atoms with E-state index in [9.17, 15) is 0 Å². The van der Waals surface area contributed by atoms with Crippen LogP contribution in [0.2, 0.25) is 0 Å². The summed E-state index contributed by atoms with van der Waals surface area (Å²) >= 11 is 0. The summed E-state index contributed by atoms with van der Waals surface area (Å²) in [6.07, 6.45) is 0.107. The number of hydrogen-bond acceptors (Lipinski definition) is 4. The summed E-state index contributed by atoms with van der Waals surface area (Å²) in [5.74, 6) is 0. The molecule has 0 spiro atoms. The Hall–Kier alpha value is -1.72. The summed E-state index contributed by atoms with van der Waals surface area (Å²) in [5, 5.41) is 0. The van der Waals surface area contributed by atoms with E-state index in [0.29, 0.717) is 19.8 Å². The number of rotatable bonds is 7. The van der Waals surface area contributed by atoms with Gasteiger partial charge in [0.15, 0.2) is 6.29 Å². The third-order valence-corrected chi connectivity index (χ3v) is 4.14. The molecule has 0 amide bonds. The molecule has 0 bridgehead atoms. The maximum Gasteiger partial charge on any atom is 0.185 e. The lowest BCUT2D eigenvalue weighted by atomic mass is 10.1. The minimum atomic E-state index is -0.400. The Labute approximate surface area is 143 Å². The average Bonchev–Trinajstić information content (AvgIpc) is 2.66. The molecule has 1 saturated heterocycles. The molecular weight excluding hydrogens is 304 g/mol. The zero-order valence-corrected chi connectivity index (χ0v) is 14.0. The molecule has 1 heterocycles. The maximum atomic E-state index is 6.12. The van der Waals surface area contributed by atoms with Crippen molar-refractivity contribution in [2.75, 3.05) is 13.7 Å². The van der Waals surface area contributed by atoms with Gasteiger partial charge in [-0.15, -0.1) is 0 Å². The van der Waals surface area contributed by atoms with Crippen molar-refractivity contribution in [2.24, 2.45) is 0 Å². The lowest BCUT2D eigenvalue weighted by Crippen LogP contribution is -2.48. The predicted molar refractivity (Wildman–Crippen MR) is 91.4 cm³/mol. The fourth-order valence-corrected chi connectivity index (χ4v) is 2.85. The van der Waals surface area contributed by atoms with Crippen LogP contribution in [0.5, 0.6) is 0 Å². The zero-order valence-electron chi connectivity index (χ0n) is 14.0. The molecule has 3 atom stereocenters. The third-order valence-electron chi connectivity index (χ3n) is 4.14. The highest BCUT2D eigenvalue weighted by atomic mass is 16.7. The molecule has 1 fully saturated rings. The van der Waals surface area contributed by atoms with Crippen molar-refractivity contribution in [2.45, 2.75) is 38.1 Å². The summed E-state index contributed by atoms with van der Waals surface area (Å²) in [6.45, 7) is 1.69. The van der Waals surface area contributed by atoms with Crippen molar-refractivity contribution >= 4 is 0 Å². The van der Waals surface area contributed by atoms with E-state index < -0.39 is 6.29 Å². The van der Waals surface area contributed by atoms with E-state index in [4.69, 9.17) is 18.9 Å². The molecule has 1 aliphatic rings. The van der Waals surface area contributed by atoms with Gasteiger partial charge in [0.25, 0.3) is 0 Å². The van der Waals surface area contributed by atoms with Gasteiger partial charge in [-0.1, -0.05) is 60.7 Å². The van der Waals surface area contributed by atoms with Crippen LogP contribution in [-0.4, -0.2) is 32.2 Å². The summed E-state index contributed by atoms with van der Waals surface area (Å²) in [7, 11) is 1.64. The molecule has 2 aromatic rings. The molecule has 3 rings (SSSR count). The lowest BCUT2D eigenvalue weighted by Gasteiger charge is -2.36. The van der Waals surface area contributed by atoms with Crippen molar-refractivity contribution in [3.05, 3.63) is 71.8 Å². The van der Waals surface area contributed by atoms with Crippen molar-refractivity contribution in [3.8, 4) is 0 Å². The summed E-state index contributed by atoms with van der Waals surface area (Å²) in [5.41, 5.74) is 2.28. The maximum absolute atomic E-state index is 6.12. The zero-order chi connectivity index (χ0) is 16.6. The van der Waals surface area contributed by atoms with E-state index in [-0.39, 0.29) is 12.2 Å². The molecule has 0 aromatic heterocycles. The van der Waals surface area contributed by atoms with E-state index >= 15 is 0 Å². The van der Waals surface area contributed by atoms with Gasteiger partial charge in [0.1, 0.15) is 6.10 Å². The van der Waals surface area contributed by atoms with E-state index in [1.807, 2.05) is 48.5 Å².